The normalized spacial score (nSPS) is 13.0. The minimum atomic E-state index is -0.624. The number of nitriles is 1. The zero-order chi connectivity index (χ0) is 22.7. The Labute approximate surface area is 187 Å². The standard InChI is InChI=1S/C23H19N3O5S/c1-2-30-23(27)14-7-9-17(19(11-14)26(28)29)20-10-8-15(31-20)13-25-22-18(12-24)16-5-3-4-6-21(16)32-22/h7-11,13H,2-6H2,1H3. The Bertz CT molecular complexity index is 1270. The minimum absolute atomic E-state index is 0.0985. The average Bonchev–Trinajstić information content (AvgIpc) is 3.41. The van der Waals surface area contributed by atoms with E-state index in [0.717, 1.165) is 31.2 Å². The van der Waals surface area contributed by atoms with E-state index in [1.807, 2.05) is 0 Å². The highest BCUT2D eigenvalue weighted by Gasteiger charge is 2.22. The van der Waals surface area contributed by atoms with Crippen LogP contribution in [0, 0.1) is 21.4 Å². The number of nitro groups is 1. The van der Waals surface area contributed by atoms with Gasteiger partial charge in [0.15, 0.2) is 0 Å². The summed E-state index contributed by atoms with van der Waals surface area (Å²) in [5, 5.41) is 21.8. The maximum Gasteiger partial charge on any atom is 0.338 e. The van der Waals surface area contributed by atoms with Crippen LogP contribution < -0.4 is 0 Å². The third-order valence-electron chi connectivity index (χ3n) is 5.17. The second-order valence-corrected chi connectivity index (χ2v) is 8.26. The van der Waals surface area contributed by atoms with Crippen LogP contribution in [0.1, 0.15) is 51.9 Å². The highest BCUT2D eigenvalue weighted by molar-refractivity contribution is 7.16. The number of aryl methyl sites for hydroxylation is 1. The van der Waals surface area contributed by atoms with Crippen LogP contribution in [0.3, 0.4) is 0 Å². The van der Waals surface area contributed by atoms with Crippen LogP contribution in [0.25, 0.3) is 11.3 Å². The summed E-state index contributed by atoms with van der Waals surface area (Å²) < 4.78 is 10.7. The van der Waals surface area contributed by atoms with Crippen molar-refractivity contribution in [3.8, 4) is 17.4 Å². The maximum absolute atomic E-state index is 11.9. The van der Waals surface area contributed by atoms with Crippen molar-refractivity contribution >= 4 is 34.2 Å². The zero-order valence-corrected chi connectivity index (χ0v) is 18.1. The van der Waals surface area contributed by atoms with Crippen LogP contribution in [-0.4, -0.2) is 23.7 Å². The molecule has 0 atom stereocenters. The minimum Gasteiger partial charge on any atom is -0.462 e. The molecule has 1 aromatic carbocycles. The van der Waals surface area contributed by atoms with Crippen LogP contribution in [0.2, 0.25) is 0 Å². The Balaban J connectivity index is 1.62. The van der Waals surface area contributed by atoms with Gasteiger partial charge in [0, 0.05) is 10.9 Å². The number of hydrogen-bond donors (Lipinski definition) is 0. The van der Waals surface area contributed by atoms with Crippen molar-refractivity contribution < 1.29 is 18.9 Å². The highest BCUT2D eigenvalue weighted by Crippen LogP contribution is 2.39. The molecular formula is C23H19N3O5S. The number of fused-ring (bicyclic) bond motifs is 1. The van der Waals surface area contributed by atoms with E-state index >= 15 is 0 Å². The molecule has 32 heavy (non-hydrogen) atoms. The third kappa shape index (κ3) is 4.18. The van der Waals surface area contributed by atoms with Crippen molar-refractivity contribution in [3.05, 3.63) is 67.8 Å². The van der Waals surface area contributed by atoms with E-state index < -0.39 is 10.9 Å². The lowest BCUT2D eigenvalue weighted by molar-refractivity contribution is -0.384. The van der Waals surface area contributed by atoms with E-state index in [9.17, 15) is 20.2 Å². The molecule has 0 bridgehead atoms. The van der Waals surface area contributed by atoms with E-state index in [0.29, 0.717) is 16.3 Å². The summed E-state index contributed by atoms with van der Waals surface area (Å²) in [5.41, 5.74) is 1.81. The number of thiophene rings is 1. The van der Waals surface area contributed by atoms with Gasteiger partial charge in [0.25, 0.3) is 5.69 Å². The maximum atomic E-state index is 11.9. The van der Waals surface area contributed by atoms with Gasteiger partial charge < -0.3 is 9.15 Å². The molecule has 0 fully saturated rings. The number of furan rings is 1. The Kier molecular flexibility index (Phi) is 6.14. The molecule has 4 rings (SSSR count). The van der Waals surface area contributed by atoms with Gasteiger partial charge in [-0.25, -0.2) is 9.79 Å². The second-order valence-electron chi connectivity index (χ2n) is 7.17. The summed E-state index contributed by atoms with van der Waals surface area (Å²) in [6, 6.07) is 9.64. The van der Waals surface area contributed by atoms with Gasteiger partial charge in [-0.05, 0) is 62.4 Å². The fraction of sp³-hybridized carbons (Fsp3) is 0.261. The SMILES string of the molecule is CCOC(=O)c1ccc(-c2ccc(C=Nc3sc4c(c3C#N)CCCC4)o2)c([N+](=O)[O-])c1. The Morgan fingerprint density at radius 2 is 2.16 bits per heavy atom. The smallest absolute Gasteiger partial charge is 0.338 e. The van der Waals surface area contributed by atoms with Gasteiger partial charge in [0.1, 0.15) is 22.6 Å². The summed E-state index contributed by atoms with van der Waals surface area (Å²) in [6.45, 7) is 1.84. The molecule has 0 N–H and O–H groups in total. The Hall–Kier alpha value is -3.77. The fourth-order valence-electron chi connectivity index (χ4n) is 3.68. The average molecular weight is 449 g/mol. The van der Waals surface area contributed by atoms with E-state index in [1.165, 1.54) is 40.6 Å². The number of nitro benzene ring substituents is 1. The van der Waals surface area contributed by atoms with Crippen molar-refractivity contribution in [2.45, 2.75) is 32.6 Å². The molecule has 9 heteroatoms. The second kappa shape index (κ2) is 9.16. The first-order chi connectivity index (χ1) is 15.5. The lowest BCUT2D eigenvalue weighted by Gasteiger charge is -2.09. The predicted octanol–water partition coefficient (Wildman–Crippen LogP) is 5.59. The van der Waals surface area contributed by atoms with Crippen molar-refractivity contribution in [2.24, 2.45) is 4.99 Å². The molecule has 0 radical (unpaired) electrons. The lowest BCUT2D eigenvalue weighted by Crippen LogP contribution is -2.05. The van der Waals surface area contributed by atoms with Crippen molar-refractivity contribution in [3.63, 3.8) is 0 Å². The Morgan fingerprint density at radius 1 is 1.34 bits per heavy atom. The number of carbonyl (C=O) groups is 1. The first-order valence-corrected chi connectivity index (χ1v) is 11.0. The monoisotopic (exact) mass is 449 g/mol. The molecule has 0 unspecified atom stereocenters. The number of aliphatic imine (C=N–C) groups is 1. The number of esters is 1. The molecule has 2 heterocycles. The quantitative estimate of drug-likeness (QED) is 0.209. The molecule has 0 spiro atoms. The van der Waals surface area contributed by atoms with E-state index in [1.54, 1.807) is 19.1 Å². The first-order valence-electron chi connectivity index (χ1n) is 10.2. The van der Waals surface area contributed by atoms with Gasteiger partial charge in [-0.15, -0.1) is 11.3 Å². The molecule has 8 nitrogen and oxygen atoms in total. The van der Waals surface area contributed by atoms with Gasteiger partial charge >= 0.3 is 5.97 Å². The lowest BCUT2D eigenvalue weighted by atomic mass is 9.96. The molecular weight excluding hydrogens is 430 g/mol. The van der Waals surface area contributed by atoms with Crippen LogP contribution >= 0.6 is 11.3 Å². The van der Waals surface area contributed by atoms with Gasteiger partial charge in [-0.3, -0.25) is 10.1 Å². The van der Waals surface area contributed by atoms with Gasteiger partial charge in [-0.2, -0.15) is 5.26 Å². The van der Waals surface area contributed by atoms with Crippen LogP contribution in [-0.2, 0) is 17.6 Å². The van der Waals surface area contributed by atoms with Gasteiger partial charge in [0.2, 0.25) is 0 Å². The molecule has 1 aliphatic carbocycles. The number of nitrogens with zero attached hydrogens (tertiary/aromatic N) is 3. The number of ether oxygens (including phenoxy) is 1. The van der Waals surface area contributed by atoms with E-state index in [4.69, 9.17) is 9.15 Å². The number of hydrogen-bond acceptors (Lipinski definition) is 8. The highest BCUT2D eigenvalue weighted by atomic mass is 32.1. The Morgan fingerprint density at radius 3 is 2.91 bits per heavy atom. The number of rotatable bonds is 6. The topological polar surface area (TPSA) is 119 Å². The van der Waals surface area contributed by atoms with E-state index in [2.05, 4.69) is 11.1 Å². The number of carbonyl (C=O) groups excluding carboxylic acids is 1. The summed E-state index contributed by atoms with van der Waals surface area (Å²) in [6.07, 6.45) is 5.59. The molecule has 1 aliphatic rings. The zero-order valence-electron chi connectivity index (χ0n) is 17.3. The molecule has 0 aliphatic heterocycles. The van der Waals surface area contributed by atoms with Crippen molar-refractivity contribution in [1.82, 2.24) is 0 Å². The fourth-order valence-corrected chi connectivity index (χ4v) is 4.86. The van der Waals surface area contributed by atoms with Crippen molar-refractivity contribution in [2.75, 3.05) is 6.61 Å². The third-order valence-corrected chi connectivity index (χ3v) is 6.37. The summed E-state index contributed by atoms with van der Waals surface area (Å²) in [7, 11) is 0. The summed E-state index contributed by atoms with van der Waals surface area (Å²) in [5.74, 6) is 0.0555. The summed E-state index contributed by atoms with van der Waals surface area (Å²) in [4.78, 5) is 28.6. The molecule has 3 aromatic rings. The van der Waals surface area contributed by atoms with Crippen LogP contribution in [0.5, 0.6) is 0 Å². The molecule has 0 saturated carbocycles. The van der Waals surface area contributed by atoms with Gasteiger partial charge in [0.05, 0.1) is 34.4 Å². The van der Waals surface area contributed by atoms with Crippen LogP contribution in [0.4, 0.5) is 10.7 Å². The summed E-state index contributed by atoms with van der Waals surface area (Å²) >= 11 is 1.53. The molecule has 0 amide bonds. The first kappa shape index (κ1) is 21.5. The molecule has 162 valence electrons. The molecule has 2 aromatic heterocycles. The predicted molar refractivity (Wildman–Crippen MR) is 120 cm³/mol. The van der Waals surface area contributed by atoms with Gasteiger partial charge in [-0.1, -0.05) is 0 Å². The van der Waals surface area contributed by atoms with E-state index in [-0.39, 0.29) is 29.2 Å². The number of benzene rings is 1. The largest absolute Gasteiger partial charge is 0.462 e. The van der Waals surface area contributed by atoms with Crippen molar-refractivity contribution in [1.29, 1.82) is 5.26 Å². The van der Waals surface area contributed by atoms with Crippen LogP contribution in [0.15, 0.2) is 39.7 Å². The molecule has 0 saturated heterocycles.